The largest absolute Gasteiger partial charge is 0.378 e. The highest BCUT2D eigenvalue weighted by Crippen LogP contribution is 2.36. The molecule has 0 bridgehead atoms. The molecule has 2 saturated heterocycles. The van der Waals surface area contributed by atoms with E-state index in [0.29, 0.717) is 32.0 Å². The number of aromatic amines is 1. The van der Waals surface area contributed by atoms with Gasteiger partial charge in [-0.2, -0.15) is 0 Å². The van der Waals surface area contributed by atoms with Gasteiger partial charge < -0.3 is 23.9 Å². The molecule has 0 aliphatic carbocycles. The van der Waals surface area contributed by atoms with Crippen LogP contribution in [-0.2, 0) is 4.74 Å². The van der Waals surface area contributed by atoms with Gasteiger partial charge in [-0.25, -0.2) is 4.98 Å². The molecule has 0 atom stereocenters. The number of anilines is 1. The lowest BCUT2D eigenvalue weighted by Crippen LogP contribution is -2.41. The van der Waals surface area contributed by atoms with E-state index >= 15 is 0 Å². The van der Waals surface area contributed by atoms with Gasteiger partial charge in [0.2, 0.25) is 0 Å². The molecular formula is C20H23N5O2. The smallest absolute Gasteiger partial charge is 0.271 e. The minimum absolute atomic E-state index is 0.0239. The van der Waals surface area contributed by atoms with Crippen LogP contribution < -0.4 is 4.90 Å². The zero-order chi connectivity index (χ0) is 18.2. The molecular weight excluding hydrogens is 342 g/mol. The van der Waals surface area contributed by atoms with E-state index < -0.39 is 0 Å². The van der Waals surface area contributed by atoms with E-state index in [1.54, 1.807) is 0 Å². The number of hydrogen-bond donors (Lipinski definition) is 1. The summed E-state index contributed by atoms with van der Waals surface area (Å²) in [5, 5.41) is 0. The Bertz CT molecular complexity index is 931. The fourth-order valence-corrected chi connectivity index (χ4v) is 4.03. The van der Waals surface area contributed by atoms with Crippen molar-refractivity contribution in [2.24, 2.45) is 0 Å². The van der Waals surface area contributed by atoms with Gasteiger partial charge in [-0.15, -0.1) is 0 Å². The van der Waals surface area contributed by atoms with Gasteiger partial charge in [0.25, 0.3) is 5.91 Å². The topological polar surface area (TPSA) is 65.9 Å². The number of imidazole rings is 1. The predicted molar refractivity (Wildman–Crippen MR) is 103 cm³/mol. The van der Waals surface area contributed by atoms with E-state index in [0.717, 1.165) is 35.7 Å². The first-order valence-electron chi connectivity index (χ1n) is 9.59. The summed E-state index contributed by atoms with van der Waals surface area (Å²) in [6, 6.07) is 5.94. The van der Waals surface area contributed by atoms with E-state index in [4.69, 9.17) is 9.72 Å². The highest BCUT2D eigenvalue weighted by molar-refractivity contribution is 6.02. The monoisotopic (exact) mass is 365 g/mol. The summed E-state index contributed by atoms with van der Waals surface area (Å²) in [4.78, 5) is 25.5. The molecule has 3 aromatic heterocycles. The summed E-state index contributed by atoms with van der Waals surface area (Å²) in [5.74, 6) is 0.0239. The van der Waals surface area contributed by atoms with Crippen LogP contribution in [-0.4, -0.2) is 64.6 Å². The summed E-state index contributed by atoms with van der Waals surface area (Å²) < 4.78 is 7.40. The fraction of sp³-hybridized carbons (Fsp3) is 0.400. The van der Waals surface area contributed by atoms with Crippen LogP contribution in [0.15, 0.2) is 36.8 Å². The number of aromatic nitrogens is 3. The number of H-pyrrole nitrogens is 1. The Kier molecular flexibility index (Phi) is 4.09. The van der Waals surface area contributed by atoms with Crippen LogP contribution in [0.5, 0.6) is 0 Å². The molecule has 7 heteroatoms. The third-order valence-corrected chi connectivity index (χ3v) is 5.44. The van der Waals surface area contributed by atoms with Crippen LogP contribution in [0.2, 0.25) is 0 Å². The van der Waals surface area contributed by atoms with Crippen molar-refractivity contribution in [3.63, 3.8) is 0 Å². The highest BCUT2D eigenvalue weighted by Gasteiger charge is 2.29. The van der Waals surface area contributed by atoms with Crippen LogP contribution in [0, 0.1) is 0 Å². The number of carbonyl (C=O) groups is 1. The van der Waals surface area contributed by atoms with Gasteiger partial charge in [-0.1, -0.05) is 6.07 Å². The second kappa shape index (κ2) is 6.74. The second-order valence-corrected chi connectivity index (χ2v) is 7.11. The predicted octanol–water partition coefficient (Wildman–Crippen LogP) is 2.40. The van der Waals surface area contributed by atoms with Crippen molar-refractivity contribution in [1.29, 1.82) is 0 Å². The minimum atomic E-state index is 0.0239. The first-order valence-corrected chi connectivity index (χ1v) is 9.59. The maximum absolute atomic E-state index is 13.2. The molecule has 140 valence electrons. The molecule has 5 heterocycles. The number of pyridine rings is 1. The van der Waals surface area contributed by atoms with Crippen molar-refractivity contribution >= 4 is 17.2 Å². The molecule has 0 spiro atoms. The molecule has 0 saturated carbocycles. The van der Waals surface area contributed by atoms with Gasteiger partial charge in [-0.3, -0.25) is 4.79 Å². The maximum atomic E-state index is 13.2. The summed E-state index contributed by atoms with van der Waals surface area (Å²) in [7, 11) is 0. The van der Waals surface area contributed by atoms with E-state index in [1.165, 1.54) is 12.8 Å². The van der Waals surface area contributed by atoms with Gasteiger partial charge in [-0.05, 0) is 25.0 Å². The lowest BCUT2D eigenvalue weighted by molar-refractivity contribution is 0.0300. The Morgan fingerprint density at radius 2 is 1.93 bits per heavy atom. The zero-order valence-electron chi connectivity index (χ0n) is 15.2. The number of nitrogens with zero attached hydrogens (tertiary/aromatic N) is 4. The van der Waals surface area contributed by atoms with E-state index in [9.17, 15) is 4.79 Å². The number of morpholine rings is 1. The highest BCUT2D eigenvalue weighted by atomic mass is 16.5. The number of carbonyl (C=O) groups excluding carboxylic acids is 1. The average molecular weight is 365 g/mol. The van der Waals surface area contributed by atoms with E-state index in [1.807, 2.05) is 46.1 Å². The summed E-state index contributed by atoms with van der Waals surface area (Å²) in [5.41, 5.74) is 4.33. The normalized spacial score (nSPS) is 17.8. The molecule has 0 radical (unpaired) electrons. The first kappa shape index (κ1) is 16.4. The molecule has 1 N–H and O–H groups in total. The van der Waals surface area contributed by atoms with Crippen molar-refractivity contribution in [3.05, 3.63) is 42.5 Å². The van der Waals surface area contributed by atoms with Crippen molar-refractivity contribution < 1.29 is 9.53 Å². The molecule has 2 fully saturated rings. The van der Waals surface area contributed by atoms with Gasteiger partial charge in [0, 0.05) is 44.8 Å². The third-order valence-electron chi connectivity index (χ3n) is 5.44. The molecule has 5 rings (SSSR count). The molecule has 1 amide bonds. The van der Waals surface area contributed by atoms with E-state index in [2.05, 4.69) is 9.88 Å². The van der Waals surface area contributed by atoms with Gasteiger partial charge in [0.05, 0.1) is 30.2 Å². The Morgan fingerprint density at radius 1 is 1.11 bits per heavy atom. The molecule has 27 heavy (non-hydrogen) atoms. The quantitative estimate of drug-likeness (QED) is 0.774. The van der Waals surface area contributed by atoms with Crippen LogP contribution >= 0.6 is 0 Å². The molecule has 7 nitrogen and oxygen atoms in total. The SMILES string of the molecule is O=C(c1[nH]cc(N2CCCC2)c1-c1cn2ccccc2n1)N1CCOCC1. The Hall–Kier alpha value is -2.80. The Morgan fingerprint density at radius 3 is 2.70 bits per heavy atom. The molecule has 3 aromatic rings. The number of hydrogen-bond acceptors (Lipinski definition) is 4. The Labute approximate surface area is 157 Å². The standard InChI is InChI=1S/C20H23N5O2/c26-20(24-9-11-27-12-10-24)19-18(16(13-21-19)23-6-3-4-7-23)15-14-25-8-2-1-5-17(25)22-15/h1-2,5,8,13-14,21H,3-4,6-7,9-12H2. The molecule has 0 aromatic carbocycles. The van der Waals surface area contributed by atoms with E-state index in [-0.39, 0.29) is 5.91 Å². The zero-order valence-corrected chi connectivity index (χ0v) is 15.2. The van der Waals surface area contributed by atoms with Crippen LogP contribution in [0.3, 0.4) is 0 Å². The lowest BCUT2D eigenvalue weighted by atomic mass is 10.1. The molecule has 2 aliphatic heterocycles. The molecule has 0 unspecified atom stereocenters. The summed E-state index contributed by atoms with van der Waals surface area (Å²) >= 11 is 0. The Balaban J connectivity index is 1.61. The van der Waals surface area contributed by atoms with Crippen molar-refractivity contribution in [2.45, 2.75) is 12.8 Å². The van der Waals surface area contributed by atoms with Gasteiger partial charge in [0.15, 0.2) is 0 Å². The minimum Gasteiger partial charge on any atom is -0.378 e. The second-order valence-electron chi connectivity index (χ2n) is 7.11. The fourth-order valence-electron chi connectivity index (χ4n) is 4.03. The number of ether oxygens (including phenoxy) is 1. The van der Waals surface area contributed by atoms with Crippen molar-refractivity contribution in [2.75, 3.05) is 44.3 Å². The lowest BCUT2D eigenvalue weighted by Gasteiger charge is -2.27. The summed E-state index contributed by atoms with van der Waals surface area (Å²) in [6.45, 7) is 4.47. The third kappa shape index (κ3) is 2.88. The van der Waals surface area contributed by atoms with Crippen molar-refractivity contribution in [1.82, 2.24) is 19.3 Å². The van der Waals surface area contributed by atoms with Crippen LogP contribution in [0.4, 0.5) is 5.69 Å². The number of nitrogens with one attached hydrogen (secondary N) is 1. The van der Waals surface area contributed by atoms with Crippen molar-refractivity contribution in [3.8, 4) is 11.3 Å². The van der Waals surface area contributed by atoms with Crippen LogP contribution in [0.1, 0.15) is 23.3 Å². The maximum Gasteiger partial charge on any atom is 0.271 e. The number of amides is 1. The van der Waals surface area contributed by atoms with Gasteiger partial charge in [0.1, 0.15) is 11.3 Å². The average Bonchev–Trinajstić information content (AvgIpc) is 3.45. The number of fused-ring (bicyclic) bond motifs is 1. The number of rotatable bonds is 3. The molecule has 2 aliphatic rings. The van der Waals surface area contributed by atoms with Gasteiger partial charge >= 0.3 is 0 Å². The first-order chi connectivity index (χ1) is 13.3. The van der Waals surface area contributed by atoms with Crippen LogP contribution in [0.25, 0.3) is 16.9 Å². The summed E-state index contributed by atoms with van der Waals surface area (Å²) in [6.07, 6.45) is 8.33.